The molecule has 106 valence electrons. The van der Waals surface area contributed by atoms with Gasteiger partial charge in [-0.25, -0.2) is 18.7 Å². The zero-order chi connectivity index (χ0) is 14.4. The molecular formula is C15H17F2N3. The minimum absolute atomic E-state index is 0.155. The fourth-order valence-electron chi connectivity index (χ4n) is 2.03. The summed E-state index contributed by atoms with van der Waals surface area (Å²) in [6.45, 7) is 2.85. The van der Waals surface area contributed by atoms with Crippen molar-refractivity contribution in [2.45, 2.75) is 25.8 Å². The third kappa shape index (κ3) is 4.06. The summed E-state index contributed by atoms with van der Waals surface area (Å²) in [4.78, 5) is 8.42. The van der Waals surface area contributed by atoms with Gasteiger partial charge in [-0.3, -0.25) is 0 Å². The Bertz CT molecular complexity index is 526. The van der Waals surface area contributed by atoms with E-state index < -0.39 is 11.6 Å². The predicted molar refractivity (Wildman–Crippen MR) is 73.1 cm³/mol. The summed E-state index contributed by atoms with van der Waals surface area (Å²) >= 11 is 0. The van der Waals surface area contributed by atoms with E-state index >= 15 is 0 Å². The van der Waals surface area contributed by atoms with E-state index in [2.05, 4.69) is 22.2 Å². The molecule has 1 aromatic heterocycles. The molecule has 1 heterocycles. The molecule has 1 unspecified atom stereocenters. The third-order valence-corrected chi connectivity index (χ3v) is 2.90. The fraction of sp³-hybridized carbons (Fsp3) is 0.333. The van der Waals surface area contributed by atoms with Crippen molar-refractivity contribution < 1.29 is 8.78 Å². The molecule has 0 aliphatic carbocycles. The lowest BCUT2D eigenvalue weighted by atomic mass is 10.0. The van der Waals surface area contributed by atoms with Crippen molar-refractivity contribution in [2.24, 2.45) is 0 Å². The fourth-order valence-corrected chi connectivity index (χ4v) is 2.03. The van der Waals surface area contributed by atoms with E-state index in [0.29, 0.717) is 17.8 Å². The molecule has 0 bridgehead atoms. The number of nitrogens with one attached hydrogen (secondary N) is 1. The van der Waals surface area contributed by atoms with E-state index in [-0.39, 0.29) is 6.04 Å². The quantitative estimate of drug-likeness (QED) is 0.882. The van der Waals surface area contributed by atoms with Gasteiger partial charge in [-0.2, -0.15) is 0 Å². The summed E-state index contributed by atoms with van der Waals surface area (Å²) in [7, 11) is 0. The standard InChI is InChI=1S/C15H17F2N3/c1-2-4-18-14(15-19-5-3-6-20-15)9-11-7-12(16)10-13(17)8-11/h3,5-8,10,14,18H,2,4,9H2,1H3. The first-order valence-corrected chi connectivity index (χ1v) is 6.64. The highest BCUT2D eigenvalue weighted by atomic mass is 19.1. The van der Waals surface area contributed by atoms with Crippen LogP contribution in [0, 0.1) is 11.6 Å². The number of halogens is 2. The molecule has 0 spiro atoms. The summed E-state index contributed by atoms with van der Waals surface area (Å²) < 4.78 is 26.5. The monoisotopic (exact) mass is 277 g/mol. The van der Waals surface area contributed by atoms with Gasteiger partial charge in [0.15, 0.2) is 0 Å². The van der Waals surface area contributed by atoms with Crippen LogP contribution < -0.4 is 5.32 Å². The van der Waals surface area contributed by atoms with Crippen LogP contribution in [0.1, 0.15) is 30.8 Å². The van der Waals surface area contributed by atoms with Crippen LogP contribution in [0.3, 0.4) is 0 Å². The van der Waals surface area contributed by atoms with Crippen molar-refractivity contribution in [3.05, 3.63) is 59.7 Å². The molecule has 0 fully saturated rings. The molecule has 3 nitrogen and oxygen atoms in total. The highest BCUT2D eigenvalue weighted by Gasteiger charge is 2.15. The summed E-state index contributed by atoms with van der Waals surface area (Å²) in [5.74, 6) is -0.503. The van der Waals surface area contributed by atoms with Gasteiger partial charge in [-0.15, -0.1) is 0 Å². The number of hydrogen-bond acceptors (Lipinski definition) is 3. The SMILES string of the molecule is CCCNC(Cc1cc(F)cc(F)c1)c1ncccn1. The van der Waals surface area contributed by atoms with Crippen molar-refractivity contribution in [1.82, 2.24) is 15.3 Å². The van der Waals surface area contributed by atoms with E-state index in [4.69, 9.17) is 0 Å². The van der Waals surface area contributed by atoms with Gasteiger partial charge in [0.2, 0.25) is 0 Å². The minimum atomic E-state index is -0.566. The maximum Gasteiger partial charge on any atom is 0.145 e. The summed E-state index contributed by atoms with van der Waals surface area (Å²) in [6, 6.07) is 5.13. The molecule has 0 amide bonds. The van der Waals surface area contributed by atoms with Gasteiger partial charge in [0.05, 0.1) is 6.04 Å². The Morgan fingerprint density at radius 3 is 2.35 bits per heavy atom. The Morgan fingerprint density at radius 1 is 1.10 bits per heavy atom. The Hall–Kier alpha value is -1.88. The topological polar surface area (TPSA) is 37.8 Å². The van der Waals surface area contributed by atoms with Crippen LogP contribution in [0.15, 0.2) is 36.7 Å². The van der Waals surface area contributed by atoms with Gasteiger partial charge in [0, 0.05) is 18.5 Å². The molecule has 2 aromatic rings. The average molecular weight is 277 g/mol. The van der Waals surface area contributed by atoms with E-state index in [1.165, 1.54) is 12.1 Å². The molecule has 1 N–H and O–H groups in total. The van der Waals surface area contributed by atoms with E-state index in [9.17, 15) is 8.78 Å². The molecule has 0 saturated heterocycles. The second kappa shape index (κ2) is 7.05. The van der Waals surface area contributed by atoms with Crippen LogP contribution in [-0.2, 0) is 6.42 Å². The van der Waals surface area contributed by atoms with Gasteiger partial charge in [-0.1, -0.05) is 6.92 Å². The number of aromatic nitrogens is 2. The maximum atomic E-state index is 13.2. The highest BCUT2D eigenvalue weighted by molar-refractivity contribution is 5.20. The van der Waals surface area contributed by atoms with Crippen molar-refractivity contribution in [1.29, 1.82) is 0 Å². The second-order valence-corrected chi connectivity index (χ2v) is 4.60. The molecule has 2 rings (SSSR count). The minimum Gasteiger partial charge on any atom is -0.307 e. The number of hydrogen-bond donors (Lipinski definition) is 1. The first-order chi connectivity index (χ1) is 9.69. The van der Waals surface area contributed by atoms with Gasteiger partial charge in [0.25, 0.3) is 0 Å². The predicted octanol–water partition coefficient (Wildman–Crippen LogP) is 3.04. The molecule has 0 aliphatic rings. The van der Waals surface area contributed by atoms with Crippen molar-refractivity contribution >= 4 is 0 Å². The largest absolute Gasteiger partial charge is 0.307 e. The molecule has 0 aliphatic heterocycles. The Labute approximate surface area is 117 Å². The van der Waals surface area contributed by atoms with Gasteiger partial charge in [-0.05, 0) is 43.1 Å². The van der Waals surface area contributed by atoms with Crippen LogP contribution in [-0.4, -0.2) is 16.5 Å². The van der Waals surface area contributed by atoms with Crippen LogP contribution >= 0.6 is 0 Å². The first kappa shape index (κ1) is 14.5. The molecule has 1 atom stereocenters. The molecule has 0 radical (unpaired) electrons. The normalized spacial score (nSPS) is 12.3. The lowest BCUT2D eigenvalue weighted by molar-refractivity contribution is 0.500. The lowest BCUT2D eigenvalue weighted by Gasteiger charge is -2.17. The summed E-state index contributed by atoms with van der Waals surface area (Å²) in [5.41, 5.74) is 0.587. The van der Waals surface area contributed by atoms with Crippen LogP contribution in [0.5, 0.6) is 0 Å². The van der Waals surface area contributed by atoms with Crippen molar-refractivity contribution in [3.63, 3.8) is 0 Å². The zero-order valence-electron chi connectivity index (χ0n) is 11.3. The number of rotatable bonds is 6. The Morgan fingerprint density at radius 2 is 1.75 bits per heavy atom. The van der Waals surface area contributed by atoms with Crippen molar-refractivity contribution in [2.75, 3.05) is 6.54 Å². The Balaban J connectivity index is 2.19. The van der Waals surface area contributed by atoms with Crippen molar-refractivity contribution in [3.8, 4) is 0 Å². The average Bonchev–Trinajstić information content (AvgIpc) is 2.43. The van der Waals surface area contributed by atoms with Gasteiger partial charge in [0.1, 0.15) is 17.5 Å². The number of nitrogens with zero attached hydrogens (tertiary/aromatic N) is 2. The lowest BCUT2D eigenvalue weighted by Crippen LogP contribution is -2.26. The third-order valence-electron chi connectivity index (χ3n) is 2.90. The zero-order valence-corrected chi connectivity index (χ0v) is 11.3. The van der Waals surface area contributed by atoms with E-state index in [1.54, 1.807) is 18.5 Å². The van der Waals surface area contributed by atoms with Gasteiger partial charge < -0.3 is 5.32 Å². The first-order valence-electron chi connectivity index (χ1n) is 6.64. The molecule has 20 heavy (non-hydrogen) atoms. The molecule has 5 heteroatoms. The maximum absolute atomic E-state index is 13.2. The van der Waals surface area contributed by atoms with E-state index in [0.717, 1.165) is 19.0 Å². The smallest absolute Gasteiger partial charge is 0.145 e. The van der Waals surface area contributed by atoms with E-state index in [1.807, 2.05) is 0 Å². The van der Waals surface area contributed by atoms with Crippen LogP contribution in [0.2, 0.25) is 0 Å². The van der Waals surface area contributed by atoms with Gasteiger partial charge >= 0.3 is 0 Å². The second-order valence-electron chi connectivity index (χ2n) is 4.60. The highest BCUT2D eigenvalue weighted by Crippen LogP contribution is 2.17. The van der Waals surface area contributed by atoms with Crippen LogP contribution in [0.4, 0.5) is 8.78 Å². The summed E-state index contributed by atoms with van der Waals surface area (Å²) in [6.07, 6.45) is 4.73. The molecule has 1 aromatic carbocycles. The number of benzene rings is 1. The molecule has 0 saturated carbocycles. The Kier molecular flexibility index (Phi) is 5.12. The molecular weight excluding hydrogens is 260 g/mol. The van der Waals surface area contributed by atoms with Crippen LogP contribution in [0.25, 0.3) is 0 Å². The summed E-state index contributed by atoms with van der Waals surface area (Å²) in [5, 5.41) is 3.30.